The van der Waals surface area contributed by atoms with E-state index in [1.54, 1.807) is 35.2 Å². The molecule has 126 valence electrons. The molecule has 0 aliphatic heterocycles. The molecular weight excluding hydrogens is 404 g/mol. The number of nitrogens with zero attached hydrogens (tertiary/aromatic N) is 3. The number of carbonyl (C=O) groups excluding carboxylic acids is 1. The Bertz CT molecular complexity index is 992. The van der Waals surface area contributed by atoms with Crippen LogP contribution in [-0.4, -0.2) is 34.2 Å². The van der Waals surface area contributed by atoms with Gasteiger partial charge in [-0.05, 0) is 42.0 Å². The molecule has 0 fully saturated rings. The molecule has 25 heavy (non-hydrogen) atoms. The number of nitrogens with one attached hydrogen (secondary N) is 1. The van der Waals surface area contributed by atoms with Crippen molar-refractivity contribution in [3.63, 3.8) is 0 Å². The molecule has 0 aliphatic carbocycles. The summed E-state index contributed by atoms with van der Waals surface area (Å²) < 4.78 is 7.50. The van der Waals surface area contributed by atoms with Crippen LogP contribution in [0.1, 0.15) is 15.9 Å². The first-order valence-corrected chi connectivity index (χ1v) is 8.45. The van der Waals surface area contributed by atoms with E-state index in [0.717, 1.165) is 15.6 Å². The van der Waals surface area contributed by atoms with Crippen molar-refractivity contribution in [2.45, 2.75) is 0 Å². The normalized spacial score (nSPS) is 11.0. The first kappa shape index (κ1) is 17.2. The monoisotopic (exact) mass is 416 g/mol. The summed E-state index contributed by atoms with van der Waals surface area (Å²) in [6, 6.07) is 14.6. The summed E-state index contributed by atoms with van der Waals surface area (Å²) in [7, 11) is 1.35. The smallest absolute Gasteiger partial charge is 0.337 e. The minimum Gasteiger partial charge on any atom is -0.465 e. The molecular formula is C17H13BrN4O2S. The van der Waals surface area contributed by atoms with Gasteiger partial charge in [0.25, 0.3) is 0 Å². The number of methoxy groups -OCH3 is 1. The summed E-state index contributed by atoms with van der Waals surface area (Å²) in [6.07, 6.45) is 1.65. The van der Waals surface area contributed by atoms with E-state index in [1.807, 2.05) is 24.3 Å². The van der Waals surface area contributed by atoms with E-state index in [1.165, 1.54) is 7.11 Å². The van der Waals surface area contributed by atoms with Gasteiger partial charge in [-0.2, -0.15) is 14.9 Å². The largest absolute Gasteiger partial charge is 0.465 e. The van der Waals surface area contributed by atoms with E-state index in [4.69, 9.17) is 12.2 Å². The van der Waals surface area contributed by atoms with Crippen LogP contribution in [0.2, 0.25) is 0 Å². The number of esters is 1. The number of aromatic nitrogens is 3. The first-order chi connectivity index (χ1) is 12.1. The Balaban J connectivity index is 1.92. The highest BCUT2D eigenvalue weighted by Gasteiger charge is 2.11. The Labute approximate surface area is 157 Å². The fourth-order valence-electron chi connectivity index (χ4n) is 2.16. The third-order valence-electron chi connectivity index (χ3n) is 3.42. The maximum Gasteiger partial charge on any atom is 0.337 e. The molecule has 1 N–H and O–H groups in total. The van der Waals surface area contributed by atoms with Crippen LogP contribution in [0.25, 0.3) is 11.4 Å². The van der Waals surface area contributed by atoms with Gasteiger partial charge in [-0.15, -0.1) is 0 Å². The standard InChI is InChI=1S/C17H13BrN4O2S/c1-24-16(23)12-8-6-11(7-9-12)10-19-22-15(20-21-17(22)25)13-4-2-3-5-14(13)18/h2-10H,1H3,(H,21,25). The van der Waals surface area contributed by atoms with Crippen LogP contribution in [0.4, 0.5) is 0 Å². The Morgan fingerprint density at radius 1 is 1.28 bits per heavy atom. The zero-order valence-corrected chi connectivity index (χ0v) is 15.5. The Hall–Kier alpha value is -2.58. The van der Waals surface area contributed by atoms with E-state index in [0.29, 0.717) is 16.2 Å². The first-order valence-electron chi connectivity index (χ1n) is 7.25. The molecule has 3 rings (SSSR count). The van der Waals surface area contributed by atoms with Crippen molar-refractivity contribution in [1.29, 1.82) is 0 Å². The molecule has 0 saturated heterocycles. The van der Waals surface area contributed by atoms with Gasteiger partial charge in [0.2, 0.25) is 4.77 Å². The number of H-pyrrole nitrogens is 1. The predicted molar refractivity (Wildman–Crippen MR) is 101 cm³/mol. The zero-order valence-electron chi connectivity index (χ0n) is 13.1. The quantitative estimate of drug-likeness (QED) is 0.395. The molecule has 6 nitrogen and oxygen atoms in total. The van der Waals surface area contributed by atoms with E-state index in [9.17, 15) is 4.79 Å². The van der Waals surface area contributed by atoms with Crippen molar-refractivity contribution in [3.05, 3.63) is 68.9 Å². The number of rotatable bonds is 4. The number of aromatic amines is 1. The summed E-state index contributed by atoms with van der Waals surface area (Å²) in [4.78, 5) is 11.5. The van der Waals surface area contributed by atoms with Gasteiger partial charge in [0, 0.05) is 10.0 Å². The molecule has 1 heterocycles. The summed E-state index contributed by atoms with van der Waals surface area (Å²) >= 11 is 8.76. The second-order valence-corrected chi connectivity index (χ2v) is 6.24. The summed E-state index contributed by atoms with van der Waals surface area (Å²) in [5.74, 6) is 0.219. The molecule has 0 radical (unpaired) electrons. The molecule has 2 aromatic carbocycles. The Morgan fingerprint density at radius 2 is 2.00 bits per heavy atom. The highest BCUT2D eigenvalue weighted by Crippen LogP contribution is 2.26. The molecule has 0 bridgehead atoms. The molecule has 3 aromatic rings. The van der Waals surface area contributed by atoms with Gasteiger partial charge in [-0.3, -0.25) is 0 Å². The van der Waals surface area contributed by atoms with Crippen LogP contribution in [0.15, 0.2) is 58.1 Å². The summed E-state index contributed by atoms with van der Waals surface area (Å²) in [6.45, 7) is 0. The topological polar surface area (TPSA) is 72.3 Å². The molecule has 1 aromatic heterocycles. The Kier molecular flexibility index (Phi) is 5.20. The van der Waals surface area contributed by atoms with Gasteiger partial charge in [0.15, 0.2) is 5.82 Å². The summed E-state index contributed by atoms with van der Waals surface area (Å²) in [5, 5.41) is 11.4. The van der Waals surface area contributed by atoms with Crippen LogP contribution in [0, 0.1) is 4.77 Å². The van der Waals surface area contributed by atoms with Crippen molar-refractivity contribution >= 4 is 40.3 Å². The molecule has 0 spiro atoms. The highest BCUT2D eigenvalue weighted by molar-refractivity contribution is 9.10. The Morgan fingerprint density at radius 3 is 2.68 bits per heavy atom. The van der Waals surface area contributed by atoms with Gasteiger partial charge >= 0.3 is 5.97 Å². The number of hydrogen-bond acceptors (Lipinski definition) is 5. The van der Waals surface area contributed by atoms with Crippen LogP contribution in [0.3, 0.4) is 0 Å². The van der Waals surface area contributed by atoms with E-state index < -0.39 is 0 Å². The third kappa shape index (κ3) is 3.75. The number of carbonyl (C=O) groups is 1. The van der Waals surface area contributed by atoms with Crippen LogP contribution >= 0.6 is 28.1 Å². The average molecular weight is 417 g/mol. The fraction of sp³-hybridized carbons (Fsp3) is 0.0588. The number of ether oxygens (including phenoxy) is 1. The van der Waals surface area contributed by atoms with E-state index in [2.05, 4.69) is 36.0 Å². The summed E-state index contributed by atoms with van der Waals surface area (Å²) in [5.41, 5.74) is 2.16. The van der Waals surface area contributed by atoms with Crippen LogP contribution in [-0.2, 0) is 4.74 Å². The maximum absolute atomic E-state index is 11.5. The van der Waals surface area contributed by atoms with Gasteiger partial charge in [0.1, 0.15) is 0 Å². The zero-order chi connectivity index (χ0) is 17.8. The van der Waals surface area contributed by atoms with Crippen LogP contribution < -0.4 is 0 Å². The molecule has 0 unspecified atom stereocenters. The minimum absolute atomic E-state index is 0.378. The lowest BCUT2D eigenvalue weighted by Gasteiger charge is -2.03. The van der Waals surface area contributed by atoms with Crippen molar-refractivity contribution in [2.75, 3.05) is 7.11 Å². The number of benzene rings is 2. The lowest BCUT2D eigenvalue weighted by atomic mass is 10.1. The number of hydrogen-bond donors (Lipinski definition) is 1. The second kappa shape index (κ2) is 7.54. The highest BCUT2D eigenvalue weighted by atomic mass is 79.9. The van der Waals surface area contributed by atoms with Gasteiger partial charge < -0.3 is 4.74 Å². The predicted octanol–water partition coefficient (Wildman–Crippen LogP) is 4.04. The number of halogens is 1. The average Bonchev–Trinajstić information content (AvgIpc) is 3.00. The second-order valence-electron chi connectivity index (χ2n) is 5.00. The van der Waals surface area contributed by atoms with Gasteiger partial charge in [-0.25, -0.2) is 9.89 Å². The van der Waals surface area contributed by atoms with E-state index >= 15 is 0 Å². The fourth-order valence-corrected chi connectivity index (χ4v) is 2.80. The molecule has 8 heteroatoms. The maximum atomic E-state index is 11.5. The van der Waals surface area contributed by atoms with Crippen LogP contribution in [0.5, 0.6) is 0 Å². The van der Waals surface area contributed by atoms with Crippen molar-refractivity contribution in [2.24, 2.45) is 5.10 Å². The van der Waals surface area contributed by atoms with Crippen molar-refractivity contribution in [1.82, 2.24) is 14.9 Å². The molecule has 0 saturated carbocycles. The van der Waals surface area contributed by atoms with Crippen molar-refractivity contribution < 1.29 is 9.53 Å². The molecule has 0 aliphatic rings. The molecule has 0 amide bonds. The molecule has 0 atom stereocenters. The van der Waals surface area contributed by atoms with Crippen molar-refractivity contribution in [3.8, 4) is 11.4 Å². The van der Waals surface area contributed by atoms with Gasteiger partial charge in [0.05, 0.1) is 18.9 Å². The SMILES string of the molecule is COC(=O)c1ccc(C=Nn2c(-c3ccccc3Br)n[nH]c2=S)cc1. The minimum atomic E-state index is -0.378. The lowest BCUT2D eigenvalue weighted by Crippen LogP contribution is -2.01. The van der Waals surface area contributed by atoms with E-state index in [-0.39, 0.29) is 5.97 Å². The lowest BCUT2D eigenvalue weighted by molar-refractivity contribution is 0.0600. The third-order valence-corrected chi connectivity index (χ3v) is 4.37. The van der Waals surface area contributed by atoms with Gasteiger partial charge in [-0.1, -0.05) is 40.2 Å².